The number of nitrogens with zero attached hydrogens (tertiary/aromatic N) is 5. The van der Waals surface area contributed by atoms with E-state index in [9.17, 15) is 9.18 Å². The summed E-state index contributed by atoms with van der Waals surface area (Å²) in [5, 5.41) is 12.2. The number of amides is 2. The van der Waals surface area contributed by atoms with Gasteiger partial charge in [0.2, 0.25) is 5.95 Å². The summed E-state index contributed by atoms with van der Waals surface area (Å²) in [5.74, 6) is 0.0900. The van der Waals surface area contributed by atoms with E-state index in [4.69, 9.17) is 47.1 Å². The average Bonchev–Trinajstić information content (AvgIpc) is 3.22. The molecule has 0 unspecified atom stereocenters. The van der Waals surface area contributed by atoms with E-state index in [-0.39, 0.29) is 25.5 Å². The summed E-state index contributed by atoms with van der Waals surface area (Å²) in [5.41, 5.74) is 1.47. The minimum atomic E-state index is -1.89. The lowest BCUT2D eigenvalue weighted by Gasteiger charge is -2.48. The number of carbonyl (C=O) groups excluding carboxylic acids is 1. The molecule has 0 bridgehead atoms. The molecule has 0 aliphatic carbocycles. The molecule has 8 nitrogen and oxygen atoms in total. The van der Waals surface area contributed by atoms with Crippen LogP contribution in [-0.2, 0) is 0 Å². The molecular formula is C20H18B6FN7OS. The van der Waals surface area contributed by atoms with Crippen molar-refractivity contribution >= 4 is 81.3 Å². The topological polar surface area (TPSA) is 95.9 Å². The maximum absolute atomic E-state index is 15.0. The number of piperidine rings is 1. The fraction of sp³-hybridized carbons (Fsp3) is 0.450. The molecule has 16 heteroatoms. The predicted molar refractivity (Wildman–Crippen MR) is 144 cm³/mol. The molecule has 1 aliphatic heterocycles. The maximum atomic E-state index is 15.0. The van der Waals surface area contributed by atoms with Crippen molar-refractivity contribution in [1.29, 1.82) is 0 Å². The van der Waals surface area contributed by atoms with Gasteiger partial charge in [0, 0.05) is 29.7 Å². The minimum absolute atomic E-state index is 0.0900. The number of rotatable bonds is 6. The Labute approximate surface area is 220 Å². The number of alkyl halides is 1. The van der Waals surface area contributed by atoms with Gasteiger partial charge in [-0.1, -0.05) is 23.5 Å². The van der Waals surface area contributed by atoms with E-state index in [1.165, 1.54) is 16.2 Å². The molecule has 170 valence electrons. The van der Waals surface area contributed by atoms with E-state index in [1.807, 2.05) is 25.1 Å². The fourth-order valence-corrected chi connectivity index (χ4v) is 4.71. The second-order valence-electron chi connectivity index (χ2n) is 8.98. The van der Waals surface area contributed by atoms with Crippen LogP contribution in [0.15, 0.2) is 24.4 Å². The van der Waals surface area contributed by atoms with E-state index in [0.717, 1.165) is 21.0 Å². The summed E-state index contributed by atoms with van der Waals surface area (Å²) in [6, 6.07) is 3.10. The molecule has 1 aromatic carbocycles. The largest absolute Gasteiger partial charge is 0.324 e. The smallest absolute Gasteiger partial charge is 0.321 e. The number of fused-ring (bicyclic) bond motifs is 1. The van der Waals surface area contributed by atoms with Crippen LogP contribution >= 0.6 is 11.3 Å². The van der Waals surface area contributed by atoms with Crippen LogP contribution in [-0.4, -0.2) is 110 Å². The first-order chi connectivity index (χ1) is 16.8. The Morgan fingerprint density at radius 1 is 1.19 bits per heavy atom. The molecule has 2 amide bonds. The molecule has 0 saturated carbocycles. The van der Waals surface area contributed by atoms with Crippen LogP contribution in [0.5, 0.6) is 0 Å². The highest BCUT2D eigenvalue weighted by Gasteiger charge is 2.38. The highest BCUT2D eigenvalue weighted by molar-refractivity contribution is 7.14. The number of benzene rings is 1. The van der Waals surface area contributed by atoms with Gasteiger partial charge in [-0.2, -0.15) is 0 Å². The predicted octanol–water partition coefficient (Wildman–Crippen LogP) is 0.518. The molecule has 0 spiro atoms. The van der Waals surface area contributed by atoms with E-state index < -0.39 is 34.5 Å². The molecular weight excluding hydrogens is 470 g/mol. The number of nitrogens with one attached hydrogen (secondary N) is 2. The van der Waals surface area contributed by atoms with Gasteiger partial charge in [-0.05, 0) is 25.5 Å². The van der Waals surface area contributed by atoms with Crippen molar-refractivity contribution in [3.05, 3.63) is 29.4 Å². The Morgan fingerprint density at radius 2 is 1.92 bits per heavy atom. The van der Waals surface area contributed by atoms with Gasteiger partial charge < -0.3 is 10.2 Å². The number of aryl methyl sites for hydroxylation is 1. The van der Waals surface area contributed by atoms with Crippen LogP contribution in [0, 0.1) is 6.92 Å². The van der Waals surface area contributed by atoms with Crippen LogP contribution in [0.25, 0.3) is 21.5 Å². The van der Waals surface area contributed by atoms with Gasteiger partial charge in [0.05, 0.1) is 59.1 Å². The molecule has 1 fully saturated rings. The Bertz CT molecular complexity index is 1240. The molecule has 12 radical (unpaired) electrons. The van der Waals surface area contributed by atoms with E-state index >= 15 is 0 Å². The normalized spacial score (nSPS) is 19.0. The lowest BCUT2D eigenvalue weighted by Crippen LogP contribution is -2.60. The Hall–Kier alpha value is -2.33. The molecule has 4 rings (SSSR count). The Morgan fingerprint density at radius 3 is 2.53 bits per heavy atom. The molecule has 3 heterocycles. The number of hydrogen-bond acceptors (Lipinski definition) is 7. The third kappa shape index (κ3) is 6.14. The van der Waals surface area contributed by atoms with Gasteiger partial charge in [0.25, 0.3) is 0 Å². The Balaban J connectivity index is 1.41. The zero-order chi connectivity index (χ0) is 26.3. The number of urea groups is 1. The monoisotopic (exact) mass is 489 g/mol. The average molecular weight is 488 g/mol. The lowest BCUT2D eigenvalue weighted by atomic mass is 9.27. The van der Waals surface area contributed by atoms with Crippen molar-refractivity contribution < 1.29 is 9.18 Å². The summed E-state index contributed by atoms with van der Waals surface area (Å²) in [6.07, 6.45) is 0.311. The quantitative estimate of drug-likeness (QED) is 0.492. The van der Waals surface area contributed by atoms with E-state index in [2.05, 4.69) is 30.8 Å². The molecule has 2 aromatic heterocycles. The highest BCUT2D eigenvalue weighted by Crippen LogP contribution is 2.32. The van der Waals surface area contributed by atoms with Gasteiger partial charge in [-0.3, -0.25) is 5.32 Å². The van der Waals surface area contributed by atoms with Crippen LogP contribution < -0.4 is 10.6 Å². The minimum Gasteiger partial charge on any atom is -0.321 e. The highest BCUT2D eigenvalue weighted by atomic mass is 32.1. The van der Waals surface area contributed by atoms with Crippen molar-refractivity contribution in [3.8, 4) is 10.6 Å². The van der Waals surface area contributed by atoms with Gasteiger partial charge in [-0.25, -0.2) is 19.2 Å². The fourth-order valence-electron chi connectivity index (χ4n) is 4.02. The van der Waals surface area contributed by atoms with Crippen molar-refractivity contribution in [3.63, 3.8) is 0 Å². The molecule has 1 saturated heterocycles. The van der Waals surface area contributed by atoms with Crippen molar-refractivity contribution in [2.24, 2.45) is 0 Å². The second-order valence-corrected chi connectivity index (χ2v) is 10.2. The van der Waals surface area contributed by atoms with Crippen molar-refractivity contribution in [1.82, 2.24) is 30.4 Å². The van der Waals surface area contributed by atoms with Crippen molar-refractivity contribution in [2.45, 2.75) is 41.8 Å². The third-order valence-corrected chi connectivity index (χ3v) is 6.67. The van der Waals surface area contributed by atoms with Crippen LogP contribution in [0.4, 0.5) is 15.1 Å². The van der Waals surface area contributed by atoms with Crippen molar-refractivity contribution in [2.75, 3.05) is 18.4 Å². The van der Waals surface area contributed by atoms with Gasteiger partial charge in [0.15, 0.2) is 0 Å². The van der Waals surface area contributed by atoms with Gasteiger partial charge in [0.1, 0.15) is 16.2 Å². The number of hydrogen-bond donors (Lipinski definition) is 2. The summed E-state index contributed by atoms with van der Waals surface area (Å²) < 4.78 is 15.0. The number of anilines is 1. The molecule has 36 heavy (non-hydrogen) atoms. The first kappa shape index (κ1) is 26.7. The summed E-state index contributed by atoms with van der Waals surface area (Å²) in [7, 11) is 34.3. The van der Waals surface area contributed by atoms with Crippen LogP contribution in [0.3, 0.4) is 0 Å². The number of halogens is 1. The zero-order valence-electron chi connectivity index (χ0n) is 19.6. The SMILES string of the molecule is [B]C([B])([B])C(N[C@H]1CCN(C(=O)Nc2ncc3ccc(-c4nnc(C)s4)cc3n2)C[C@@H]1F)C([B])([B])[B]. The Kier molecular flexibility index (Phi) is 7.57. The van der Waals surface area contributed by atoms with E-state index in [1.54, 1.807) is 6.20 Å². The summed E-state index contributed by atoms with van der Waals surface area (Å²) in [4.78, 5) is 22.7. The van der Waals surface area contributed by atoms with Crippen LogP contribution in [0.2, 0.25) is 10.2 Å². The molecule has 2 atom stereocenters. The molecule has 2 N–H and O–H groups in total. The number of likely N-dealkylation sites (tertiary alicyclic amines) is 1. The lowest BCUT2D eigenvalue weighted by molar-refractivity contribution is 0.116. The van der Waals surface area contributed by atoms with E-state index in [0.29, 0.717) is 5.52 Å². The summed E-state index contributed by atoms with van der Waals surface area (Å²) >= 11 is 1.47. The molecule has 3 aromatic rings. The maximum Gasteiger partial charge on any atom is 0.324 e. The van der Waals surface area contributed by atoms with Gasteiger partial charge in [-0.15, -0.1) is 20.4 Å². The number of carbonyl (C=O) groups is 1. The third-order valence-electron chi connectivity index (χ3n) is 5.78. The first-order valence-electron chi connectivity index (χ1n) is 11.1. The van der Waals surface area contributed by atoms with Gasteiger partial charge >= 0.3 is 6.03 Å². The summed E-state index contributed by atoms with van der Waals surface area (Å²) in [6.45, 7) is 1.87. The first-order valence-corrected chi connectivity index (χ1v) is 11.9. The second kappa shape index (κ2) is 10.2. The molecule has 1 aliphatic rings. The zero-order valence-corrected chi connectivity index (χ0v) is 20.4. The standard InChI is InChI=1S/C20H18B6FN7OS/c1-9-32-33-15(36-9)10-2-3-11-7-28-17(30-14(11)6-10)31-18(35)34-5-4-13(12(27)8-34)29-16(19(21,22)23)20(24,25)26/h2-3,6-7,12-13,16,29H,4-5,8H2,1H3,(H,28,30,31,35)/t12-,13-/m0/s1. The van der Waals surface area contributed by atoms with Crippen LogP contribution in [0.1, 0.15) is 11.4 Å². The number of aromatic nitrogens is 4.